The molecule has 4 rings (SSSR count). The SMILES string of the molecule is C[C@@H](NC(=O)C1c2ccccc2Oc2ccccc21)[C@H]1CCCO1. The van der Waals surface area contributed by atoms with Crippen LogP contribution in [0.3, 0.4) is 0 Å². The zero-order valence-corrected chi connectivity index (χ0v) is 13.7. The molecule has 0 unspecified atom stereocenters. The number of carbonyl (C=O) groups is 1. The average molecular weight is 323 g/mol. The molecule has 24 heavy (non-hydrogen) atoms. The molecule has 1 saturated heterocycles. The first-order valence-electron chi connectivity index (χ1n) is 8.52. The summed E-state index contributed by atoms with van der Waals surface area (Å²) in [4.78, 5) is 13.1. The molecule has 0 radical (unpaired) electrons. The fourth-order valence-corrected chi connectivity index (χ4v) is 3.59. The van der Waals surface area contributed by atoms with Crippen LogP contribution in [0.5, 0.6) is 11.5 Å². The first-order valence-corrected chi connectivity index (χ1v) is 8.52. The zero-order chi connectivity index (χ0) is 16.5. The number of benzene rings is 2. The largest absolute Gasteiger partial charge is 0.457 e. The van der Waals surface area contributed by atoms with Gasteiger partial charge in [0.1, 0.15) is 11.5 Å². The number of fused-ring (bicyclic) bond motifs is 2. The van der Waals surface area contributed by atoms with Crippen molar-refractivity contribution in [1.82, 2.24) is 5.32 Å². The summed E-state index contributed by atoms with van der Waals surface area (Å²) in [7, 11) is 0. The zero-order valence-electron chi connectivity index (χ0n) is 13.7. The van der Waals surface area contributed by atoms with E-state index in [0.717, 1.165) is 42.1 Å². The van der Waals surface area contributed by atoms with E-state index in [0.29, 0.717) is 0 Å². The molecule has 1 fully saturated rings. The number of amides is 1. The highest BCUT2D eigenvalue weighted by Gasteiger charge is 2.34. The Kier molecular flexibility index (Phi) is 3.98. The van der Waals surface area contributed by atoms with Crippen LogP contribution in [0.4, 0.5) is 0 Å². The van der Waals surface area contributed by atoms with E-state index in [1.54, 1.807) is 0 Å². The van der Waals surface area contributed by atoms with Crippen molar-refractivity contribution in [3.63, 3.8) is 0 Å². The maximum atomic E-state index is 13.1. The van der Waals surface area contributed by atoms with E-state index < -0.39 is 0 Å². The second kappa shape index (κ2) is 6.29. The van der Waals surface area contributed by atoms with E-state index in [9.17, 15) is 4.79 Å². The summed E-state index contributed by atoms with van der Waals surface area (Å²) in [5.41, 5.74) is 1.82. The lowest BCUT2D eigenvalue weighted by atomic mass is 9.87. The summed E-state index contributed by atoms with van der Waals surface area (Å²) < 4.78 is 11.7. The first-order chi connectivity index (χ1) is 11.7. The van der Waals surface area contributed by atoms with Crippen LogP contribution < -0.4 is 10.1 Å². The second-order valence-electron chi connectivity index (χ2n) is 6.46. The fraction of sp³-hybridized carbons (Fsp3) is 0.350. The molecule has 2 aromatic rings. The van der Waals surface area contributed by atoms with Gasteiger partial charge in [-0.15, -0.1) is 0 Å². The predicted molar refractivity (Wildman–Crippen MR) is 91.4 cm³/mol. The van der Waals surface area contributed by atoms with Crippen LogP contribution in [0, 0.1) is 0 Å². The molecule has 4 nitrogen and oxygen atoms in total. The number of rotatable bonds is 3. The Hall–Kier alpha value is -2.33. The van der Waals surface area contributed by atoms with Crippen LogP contribution in [-0.4, -0.2) is 24.7 Å². The molecule has 0 bridgehead atoms. The number of carbonyl (C=O) groups excluding carboxylic acids is 1. The smallest absolute Gasteiger partial charge is 0.232 e. The number of nitrogens with one attached hydrogen (secondary N) is 1. The summed E-state index contributed by atoms with van der Waals surface area (Å²) in [5.74, 6) is 1.15. The highest BCUT2D eigenvalue weighted by molar-refractivity contribution is 5.89. The molecule has 2 atom stereocenters. The minimum absolute atomic E-state index is 0.00111. The van der Waals surface area contributed by atoms with E-state index in [1.165, 1.54) is 0 Å². The van der Waals surface area contributed by atoms with E-state index in [1.807, 2.05) is 55.5 Å². The second-order valence-corrected chi connectivity index (χ2v) is 6.46. The summed E-state index contributed by atoms with van der Waals surface area (Å²) >= 11 is 0. The van der Waals surface area contributed by atoms with Crippen LogP contribution in [-0.2, 0) is 9.53 Å². The van der Waals surface area contributed by atoms with Crippen molar-refractivity contribution >= 4 is 5.91 Å². The number of hydrogen-bond acceptors (Lipinski definition) is 3. The molecule has 1 N–H and O–H groups in total. The topological polar surface area (TPSA) is 47.6 Å². The van der Waals surface area contributed by atoms with E-state index in [4.69, 9.17) is 9.47 Å². The highest BCUT2D eigenvalue weighted by atomic mass is 16.5. The van der Waals surface area contributed by atoms with Gasteiger partial charge in [0.05, 0.1) is 18.1 Å². The van der Waals surface area contributed by atoms with Crippen LogP contribution in [0.15, 0.2) is 48.5 Å². The molecule has 0 aromatic heterocycles. The van der Waals surface area contributed by atoms with Gasteiger partial charge in [-0.2, -0.15) is 0 Å². The Morgan fingerprint density at radius 2 is 1.71 bits per heavy atom. The van der Waals surface area contributed by atoms with Gasteiger partial charge in [-0.3, -0.25) is 4.79 Å². The van der Waals surface area contributed by atoms with Gasteiger partial charge < -0.3 is 14.8 Å². The normalized spacial score (nSPS) is 20.6. The van der Waals surface area contributed by atoms with Gasteiger partial charge in [-0.05, 0) is 31.9 Å². The van der Waals surface area contributed by atoms with Crippen LogP contribution in [0.1, 0.15) is 36.8 Å². The van der Waals surface area contributed by atoms with Gasteiger partial charge in [0.25, 0.3) is 0 Å². The maximum absolute atomic E-state index is 13.1. The fourth-order valence-electron chi connectivity index (χ4n) is 3.59. The first kappa shape index (κ1) is 15.2. The Bertz CT molecular complexity index is 707. The Balaban J connectivity index is 1.65. The molecule has 2 heterocycles. The Labute approximate surface area is 141 Å². The summed E-state index contributed by atoms with van der Waals surface area (Å²) in [6.45, 7) is 2.80. The van der Waals surface area contributed by atoms with Crippen LogP contribution >= 0.6 is 0 Å². The van der Waals surface area contributed by atoms with Crippen molar-refractivity contribution in [2.45, 2.75) is 37.8 Å². The van der Waals surface area contributed by atoms with Crippen molar-refractivity contribution in [2.75, 3.05) is 6.61 Å². The lowest BCUT2D eigenvalue weighted by molar-refractivity contribution is -0.123. The van der Waals surface area contributed by atoms with E-state index in [-0.39, 0.29) is 24.0 Å². The lowest BCUT2D eigenvalue weighted by Crippen LogP contribution is -2.43. The molecular formula is C20H21NO3. The standard InChI is InChI=1S/C20H21NO3/c1-13(16-11-6-12-23-16)21-20(22)19-14-7-2-4-9-17(14)24-18-10-5-3-8-15(18)19/h2-5,7-10,13,16,19H,6,11-12H2,1H3,(H,21,22)/t13-,16-/m1/s1. The monoisotopic (exact) mass is 323 g/mol. The molecule has 2 aromatic carbocycles. The maximum Gasteiger partial charge on any atom is 0.232 e. The van der Waals surface area contributed by atoms with Gasteiger partial charge in [-0.25, -0.2) is 0 Å². The molecule has 4 heteroatoms. The third kappa shape index (κ3) is 2.67. The Morgan fingerprint density at radius 3 is 2.29 bits per heavy atom. The lowest BCUT2D eigenvalue weighted by Gasteiger charge is -2.29. The molecule has 2 aliphatic rings. The van der Waals surface area contributed by atoms with Gasteiger partial charge in [0.15, 0.2) is 0 Å². The molecule has 0 saturated carbocycles. The molecular weight excluding hydrogens is 302 g/mol. The van der Waals surface area contributed by atoms with E-state index >= 15 is 0 Å². The molecule has 0 spiro atoms. The van der Waals surface area contributed by atoms with Gasteiger partial charge in [0.2, 0.25) is 5.91 Å². The van der Waals surface area contributed by atoms with Crippen molar-refractivity contribution in [3.05, 3.63) is 59.7 Å². The van der Waals surface area contributed by atoms with Crippen molar-refractivity contribution < 1.29 is 14.3 Å². The third-order valence-electron chi connectivity index (χ3n) is 4.83. The average Bonchev–Trinajstić information content (AvgIpc) is 3.14. The molecule has 0 aliphatic carbocycles. The third-order valence-corrected chi connectivity index (χ3v) is 4.83. The predicted octanol–water partition coefficient (Wildman–Crippen LogP) is 3.61. The minimum Gasteiger partial charge on any atom is -0.457 e. The summed E-state index contributed by atoms with van der Waals surface area (Å²) in [6, 6.07) is 15.5. The van der Waals surface area contributed by atoms with Crippen LogP contribution in [0.25, 0.3) is 0 Å². The summed E-state index contributed by atoms with van der Waals surface area (Å²) in [5, 5.41) is 3.15. The minimum atomic E-state index is -0.352. The molecule has 124 valence electrons. The van der Waals surface area contributed by atoms with Gasteiger partial charge >= 0.3 is 0 Å². The molecule has 1 amide bonds. The van der Waals surface area contributed by atoms with E-state index in [2.05, 4.69) is 5.32 Å². The summed E-state index contributed by atoms with van der Waals surface area (Å²) in [6.07, 6.45) is 2.18. The highest BCUT2D eigenvalue weighted by Crippen LogP contribution is 2.43. The molecule has 2 aliphatic heterocycles. The van der Waals surface area contributed by atoms with Crippen molar-refractivity contribution in [3.8, 4) is 11.5 Å². The van der Waals surface area contributed by atoms with Gasteiger partial charge in [0, 0.05) is 17.7 Å². The quantitative estimate of drug-likeness (QED) is 0.939. The van der Waals surface area contributed by atoms with Crippen molar-refractivity contribution in [2.24, 2.45) is 0 Å². The number of para-hydroxylation sites is 2. The van der Waals surface area contributed by atoms with Crippen molar-refractivity contribution in [1.29, 1.82) is 0 Å². The number of hydrogen-bond donors (Lipinski definition) is 1. The number of ether oxygens (including phenoxy) is 2. The van der Waals surface area contributed by atoms with Crippen LogP contribution in [0.2, 0.25) is 0 Å². The Morgan fingerprint density at radius 1 is 1.08 bits per heavy atom. The van der Waals surface area contributed by atoms with Gasteiger partial charge in [-0.1, -0.05) is 36.4 Å².